The van der Waals surface area contributed by atoms with Crippen molar-refractivity contribution in [1.82, 2.24) is 5.43 Å². The first kappa shape index (κ1) is 15.8. The van der Waals surface area contributed by atoms with Crippen LogP contribution in [0.5, 0.6) is 0 Å². The van der Waals surface area contributed by atoms with Crippen LogP contribution in [0.3, 0.4) is 0 Å². The molecule has 1 rings (SSSR count). The predicted octanol–water partition coefficient (Wildman–Crippen LogP) is 3.02. The number of carbonyl (C=O) groups excluding carboxylic acids is 1. The predicted molar refractivity (Wildman–Crippen MR) is 77.6 cm³/mol. The monoisotopic (exact) mass is 277 g/mol. The Morgan fingerprint density at radius 1 is 1.30 bits per heavy atom. The highest BCUT2D eigenvalue weighted by molar-refractivity contribution is 5.99. The van der Waals surface area contributed by atoms with Crippen LogP contribution in [0.2, 0.25) is 0 Å². The average Bonchev–Trinajstić information content (AvgIpc) is 2.45. The Morgan fingerprint density at radius 2 is 1.95 bits per heavy atom. The van der Waals surface area contributed by atoms with E-state index in [-0.39, 0.29) is 11.6 Å². The fourth-order valence-electron chi connectivity index (χ4n) is 1.63. The average molecular weight is 277 g/mol. The van der Waals surface area contributed by atoms with Crippen LogP contribution >= 0.6 is 0 Å². The number of nitrogens with zero attached hydrogens (tertiary/aromatic N) is 2. The van der Waals surface area contributed by atoms with Crippen molar-refractivity contribution < 1.29 is 9.72 Å². The molecule has 1 amide bonds. The molecule has 0 aliphatic heterocycles. The van der Waals surface area contributed by atoms with Gasteiger partial charge >= 0.3 is 0 Å². The maximum Gasteiger partial charge on any atom is 0.269 e. The molecule has 0 radical (unpaired) electrons. The number of carbonyl (C=O) groups is 1. The number of benzene rings is 1. The Balaban J connectivity index is 2.55. The lowest BCUT2D eigenvalue weighted by atomic mass is 10.1. The van der Waals surface area contributed by atoms with Crippen molar-refractivity contribution in [1.29, 1.82) is 0 Å². The molecule has 0 bridgehead atoms. The molecule has 1 N–H and O–H groups in total. The van der Waals surface area contributed by atoms with Gasteiger partial charge in [0.15, 0.2) is 0 Å². The number of rotatable bonds is 7. The van der Waals surface area contributed by atoms with Crippen LogP contribution in [0.25, 0.3) is 0 Å². The van der Waals surface area contributed by atoms with Crippen LogP contribution in [0.15, 0.2) is 29.4 Å². The molecule has 0 saturated carbocycles. The Morgan fingerprint density at radius 3 is 2.50 bits per heavy atom. The Hall–Kier alpha value is -2.24. The standard InChI is InChI=1S/C14H19N3O3/c1-3-4-5-6-14(18)16-15-11(2)12-7-9-13(10-8-12)17(19)20/h7-10H,3-6H2,1-2H3,(H,16,18). The SMILES string of the molecule is CCCCCC(=O)NN=C(C)c1ccc([N+](=O)[O-])cc1. The second-order valence-corrected chi connectivity index (χ2v) is 4.49. The van der Waals surface area contributed by atoms with Gasteiger partial charge in [-0.2, -0.15) is 5.10 Å². The van der Waals surface area contributed by atoms with Gasteiger partial charge in [0, 0.05) is 18.6 Å². The molecule has 0 saturated heterocycles. The zero-order valence-corrected chi connectivity index (χ0v) is 11.8. The summed E-state index contributed by atoms with van der Waals surface area (Å²) in [7, 11) is 0. The number of hydrogen-bond acceptors (Lipinski definition) is 4. The number of amides is 1. The molecule has 0 spiro atoms. The molecule has 1 aromatic carbocycles. The van der Waals surface area contributed by atoms with E-state index >= 15 is 0 Å². The molecule has 20 heavy (non-hydrogen) atoms. The van der Waals surface area contributed by atoms with E-state index in [9.17, 15) is 14.9 Å². The van der Waals surface area contributed by atoms with E-state index in [1.54, 1.807) is 19.1 Å². The summed E-state index contributed by atoms with van der Waals surface area (Å²) in [6.45, 7) is 3.82. The minimum atomic E-state index is -0.453. The zero-order valence-electron chi connectivity index (χ0n) is 11.8. The molecular formula is C14H19N3O3. The molecule has 0 unspecified atom stereocenters. The van der Waals surface area contributed by atoms with Crippen molar-refractivity contribution in [3.05, 3.63) is 39.9 Å². The van der Waals surface area contributed by atoms with Gasteiger partial charge in [0.05, 0.1) is 10.6 Å². The number of hydrazone groups is 1. The van der Waals surface area contributed by atoms with Crippen molar-refractivity contribution in [2.75, 3.05) is 0 Å². The van der Waals surface area contributed by atoms with Gasteiger partial charge in [0.2, 0.25) is 5.91 Å². The highest BCUT2D eigenvalue weighted by Crippen LogP contribution is 2.12. The van der Waals surface area contributed by atoms with E-state index in [2.05, 4.69) is 17.5 Å². The van der Waals surface area contributed by atoms with Crippen LogP contribution in [0.1, 0.15) is 45.1 Å². The molecular weight excluding hydrogens is 258 g/mol. The third kappa shape index (κ3) is 5.17. The highest BCUT2D eigenvalue weighted by atomic mass is 16.6. The van der Waals surface area contributed by atoms with Crippen molar-refractivity contribution in [2.24, 2.45) is 5.10 Å². The van der Waals surface area contributed by atoms with Crippen molar-refractivity contribution in [3.8, 4) is 0 Å². The maximum absolute atomic E-state index is 11.5. The third-order valence-electron chi connectivity index (χ3n) is 2.85. The van der Waals surface area contributed by atoms with Gasteiger partial charge in [-0.1, -0.05) is 19.8 Å². The molecule has 0 aliphatic rings. The maximum atomic E-state index is 11.5. The van der Waals surface area contributed by atoms with E-state index < -0.39 is 4.92 Å². The summed E-state index contributed by atoms with van der Waals surface area (Å²) in [5.74, 6) is -0.111. The fraction of sp³-hybridized carbons (Fsp3) is 0.429. The number of nitro benzene ring substituents is 1. The molecule has 1 aromatic rings. The van der Waals surface area contributed by atoms with Crippen LogP contribution in [-0.2, 0) is 4.79 Å². The molecule has 6 nitrogen and oxygen atoms in total. The lowest BCUT2D eigenvalue weighted by Crippen LogP contribution is -2.18. The first-order chi connectivity index (χ1) is 9.54. The second-order valence-electron chi connectivity index (χ2n) is 4.49. The summed E-state index contributed by atoms with van der Waals surface area (Å²) >= 11 is 0. The van der Waals surface area contributed by atoms with Gasteiger partial charge in [-0.05, 0) is 31.0 Å². The zero-order chi connectivity index (χ0) is 15.0. The number of nitro groups is 1. The van der Waals surface area contributed by atoms with Gasteiger partial charge < -0.3 is 0 Å². The van der Waals surface area contributed by atoms with Crippen LogP contribution < -0.4 is 5.43 Å². The van der Waals surface area contributed by atoms with Gasteiger partial charge in [0.25, 0.3) is 5.69 Å². The van der Waals surface area contributed by atoms with E-state index in [4.69, 9.17) is 0 Å². The lowest BCUT2D eigenvalue weighted by molar-refractivity contribution is -0.384. The number of non-ortho nitro benzene ring substituents is 1. The molecule has 0 atom stereocenters. The normalized spacial score (nSPS) is 11.2. The van der Waals surface area contributed by atoms with E-state index in [1.165, 1.54) is 12.1 Å². The largest absolute Gasteiger partial charge is 0.273 e. The quantitative estimate of drug-likeness (QED) is 0.360. The smallest absolute Gasteiger partial charge is 0.269 e. The van der Waals surface area contributed by atoms with Crippen molar-refractivity contribution >= 4 is 17.3 Å². The van der Waals surface area contributed by atoms with Gasteiger partial charge in [-0.3, -0.25) is 14.9 Å². The first-order valence-corrected chi connectivity index (χ1v) is 6.62. The van der Waals surface area contributed by atoms with Crippen molar-refractivity contribution in [3.63, 3.8) is 0 Å². The van der Waals surface area contributed by atoms with Crippen LogP contribution in [-0.4, -0.2) is 16.5 Å². The molecule has 0 aliphatic carbocycles. The summed E-state index contributed by atoms with van der Waals surface area (Å²) < 4.78 is 0. The summed E-state index contributed by atoms with van der Waals surface area (Å²) in [6.07, 6.45) is 3.41. The number of unbranched alkanes of at least 4 members (excludes halogenated alkanes) is 2. The Kier molecular flexibility index (Phi) is 6.36. The highest BCUT2D eigenvalue weighted by Gasteiger charge is 2.06. The van der Waals surface area contributed by atoms with Crippen LogP contribution in [0, 0.1) is 10.1 Å². The van der Waals surface area contributed by atoms with E-state index in [0.29, 0.717) is 12.1 Å². The van der Waals surface area contributed by atoms with Gasteiger partial charge in [0.1, 0.15) is 0 Å². The fourth-order valence-corrected chi connectivity index (χ4v) is 1.63. The van der Waals surface area contributed by atoms with Gasteiger partial charge in [-0.25, -0.2) is 5.43 Å². The Bertz CT molecular complexity index is 495. The lowest BCUT2D eigenvalue weighted by Gasteiger charge is -2.02. The summed E-state index contributed by atoms with van der Waals surface area (Å²) in [5.41, 5.74) is 3.88. The second kappa shape index (κ2) is 8.04. The van der Waals surface area contributed by atoms with Crippen LogP contribution in [0.4, 0.5) is 5.69 Å². The first-order valence-electron chi connectivity index (χ1n) is 6.62. The minimum absolute atomic E-state index is 0.0325. The number of hydrogen-bond donors (Lipinski definition) is 1. The molecule has 0 fully saturated rings. The van der Waals surface area contributed by atoms with E-state index in [1.807, 2.05) is 0 Å². The summed E-state index contributed by atoms with van der Waals surface area (Å²) in [6, 6.07) is 6.05. The molecule has 6 heteroatoms. The molecule has 0 aromatic heterocycles. The molecule has 108 valence electrons. The van der Waals surface area contributed by atoms with Crippen molar-refractivity contribution in [2.45, 2.75) is 39.5 Å². The number of nitrogens with one attached hydrogen (secondary N) is 1. The Labute approximate surface area is 118 Å². The minimum Gasteiger partial charge on any atom is -0.273 e. The van der Waals surface area contributed by atoms with Gasteiger partial charge in [-0.15, -0.1) is 0 Å². The van der Waals surface area contributed by atoms with E-state index in [0.717, 1.165) is 24.8 Å². The summed E-state index contributed by atoms with van der Waals surface area (Å²) in [5, 5.41) is 14.5. The molecule has 0 heterocycles. The third-order valence-corrected chi connectivity index (χ3v) is 2.85. The topological polar surface area (TPSA) is 84.6 Å². The summed E-state index contributed by atoms with van der Waals surface area (Å²) in [4.78, 5) is 21.6.